The molecule has 1 unspecified atom stereocenters. The van der Waals surface area contributed by atoms with E-state index in [1.54, 1.807) is 0 Å². The van der Waals surface area contributed by atoms with Gasteiger partial charge < -0.3 is 0 Å². The first kappa shape index (κ1) is 13.6. The summed E-state index contributed by atoms with van der Waals surface area (Å²) in [5.74, 6) is 0.563. The summed E-state index contributed by atoms with van der Waals surface area (Å²) in [6, 6.07) is 8.09. The van der Waals surface area contributed by atoms with E-state index in [1.165, 1.54) is 11.1 Å². The fourth-order valence-electron chi connectivity index (χ4n) is 2.09. The molecule has 2 nitrogen and oxygen atoms in total. The Hall–Kier alpha value is -0.800. The molecule has 0 saturated heterocycles. The van der Waals surface area contributed by atoms with Crippen LogP contribution < -0.4 is 0 Å². The first-order valence-corrected chi connectivity index (χ1v) is 7.45. The van der Waals surface area contributed by atoms with Crippen molar-refractivity contribution in [2.75, 3.05) is 5.33 Å². The molecular formula is C14H16BrClN2. The highest BCUT2D eigenvalue weighted by molar-refractivity contribution is 9.09. The fourth-order valence-corrected chi connectivity index (χ4v) is 2.76. The third-order valence-corrected chi connectivity index (χ3v) is 4.07. The third kappa shape index (κ3) is 3.85. The highest BCUT2D eigenvalue weighted by Gasteiger charge is 2.11. The smallest absolute Gasteiger partial charge is 0.0521 e. The Kier molecular flexibility index (Phi) is 4.84. The van der Waals surface area contributed by atoms with E-state index in [-0.39, 0.29) is 0 Å². The molecule has 1 heterocycles. The highest BCUT2D eigenvalue weighted by atomic mass is 79.9. The molecule has 1 atom stereocenters. The van der Waals surface area contributed by atoms with Gasteiger partial charge in [-0.15, -0.1) is 0 Å². The first-order chi connectivity index (χ1) is 8.67. The summed E-state index contributed by atoms with van der Waals surface area (Å²) in [6.07, 6.45) is 6.08. The molecule has 0 spiro atoms. The quantitative estimate of drug-likeness (QED) is 0.762. The minimum absolute atomic E-state index is 0.563. The van der Waals surface area contributed by atoms with E-state index in [4.69, 9.17) is 11.6 Å². The summed E-state index contributed by atoms with van der Waals surface area (Å²) in [7, 11) is 1.95. The molecule has 0 aliphatic carbocycles. The maximum absolute atomic E-state index is 6.01. The van der Waals surface area contributed by atoms with Crippen LogP contribution in [0.5, 0.6) is 0 Å². The van der Waals surface area contributed by atoms with Crippen molar-refractivity contribution < 1.29 is 0 Å². The largest absolute Gasteiger partial charge is 0.276 e. The number of benzene rings is 1. The zero-order valence-electron chi connectivity index (χ0n) is 10.3. The SMILES string of the molecule is Cn1cc(CC(CBr)Cc2cccc(Cl)c2)cn1. The minimum Gasteiger partial charge on any atom is -0.276 e. The van der Waals surface area contributed by atoms with Crippen LogP contribution in [0.3, 0.4) is 0 Å². The molecule has 2 aromatic rings. The lowest BCUT2D eigenvalue weighted by Crippen LogP contribution is -2.09. The van der Waals surface area contributed by atoms with Crippen molar-refractivity contribution in [1.82, 2.24) is 9.78 Å². The van der Waals surface area contributed by atoms with Gasteiger partial charge in [0, 0.05) is 23.6 Å². The number of alkyl halides is 1. The number of aryl methyl sites for hydroxylation is 1. The van der Waals surface area contributed by atoms with Gasteiger partial charge in [0.15, 0.2) is 0 Å². The van der Waals surface area contributed by atoms with Gasteiger partial charge >= 0.3 is 0 Å². The summed E-state index contributed by atoms with van der Waals surface area (Å²) >= 11 is 9.61. The van der Waals surface area contributed by atoms with E-state index >= 15 is 0 Å². The van der Waals surface area contributed by atoms with E-state index < -0.39 is 0 Å². The number of halogens is 2. The van der Waals surface area contributed by atoms with Gasteiger partial charge in [-0.1, -0.05) is 39.7 Å². The summed E-state index contributed by atoms with van der Waals surface area (Å²) in [5.41, 5.74) is 2.57. The van der Waals surface area contributed by atoms with Crippen molar-refractivity contribution in [1.29, 1.82) is 0 Å². The summed E-state index contributed by atoms with van der Waals surface area (Å²) in [5, 5.41) is 5.99. The summed E-state index contributed by atoms with van der Waals surface area (Å²) < 4.78 is 1.85. The van der Waals surface area contributed by atoms with Crippen LogP contribution in [0.2, 0.25) is 5.02 Å². The first-order valence-electron chi connectivity index (χ1n) is 5.95. The maximum atomic E-state index is 6.01. The Morgan fingerprint density at radius 1 is 1.33 bits per heavy atom. The van der Waals surface area contributed by atoms with E-state index in [0.29, 0.717) is 5.92 Å². The maximum Gasteiger partial charge on any atom is 0.0521 e. The predicted octanol–water partition coefficient (Wildman–Crippen LogP) is 3.87. The van der Waals surface area contributed by atoms with Gasteiger partial charge in [-0.2, -0.15) is 5.10 Å². The zero-order valence-corrected chi connectivity index (χ0v) is 12.7. The van der Waals surface area contributed by atoms with Crippen LogP contribution in [0, 0.1) is 5.92 Å². The molecule has 1 aromatic heterocycles. The van der Waals surface area contributed by atoms with Crippen LogP contribution in [-0.2, 0) is 19.9 Å². The number of hydrogen-bond acceptors (Lipinski definition) is 1. The van der Waals surface area contributed by atoms with Gasteiger partial charge in [-0.05, 0) is 42.0 Å². The van der Waals surface area contributed by atoms with E-state index in [0.717, 1.165) is 23.2 Å². The topological polar surface area (TPSA) is 17.8 Å². The summed E-state index contributed by atoms with van der Waals surface area (Å²) in [4.78, 5) is 0. The Bertz CT molecular complexity index is 510. The second-order valence-corrected chi connectivity index (χ2v) is 5.66. The molecule has 0 N–H and O–H groups in total. The molecule has 0 bridgehead atoms. The fraction of sp³-hybridized carbons (Fsp3) is 0.357. The molecule has 0 fully saturated rings. The number of nitrogens with zero attached hydrogens (tertiary/aromatic N) is 2. The van der Waals surface area contributed by atoms with Crippen molar-refractivity contribution in [2.24, 2.45) is 13.0 Å². The van der Waals surface area contributed by atoms with Gasteiger partial charge in [0.1, 0.15) is 0 Å². The van der Waals surface area contributed by atoms with E-state index in [1.807, 2.05) is 36.1 Å². The molecule has 4 heteroatoms. The van der Waals surface area contributed by atoms with Crippen molar-refractivity contribution >= 4 is 27.5 Å². The van der Waals surface area contributed by atoms with Crippen molar-refractivity contribution in [3.05, 3.63) is 52.8 Å². The molecular weight excluding hydrogens is 312 g/mol. The van der Waals surface area contributed by atoms with E-state index in [9.17, 15) is 0 Å². The standard InChI is InChI=1S/C14H16BrClN2/c1-18-10-13(9-17-18)6-12(8-15)5-11-3-2-4-14(16)7-11/h2-4,7,9-10,12H,5-6,8H2,1H3. The normalized spacial score (nSPS) is 12.6. The second kappa shape index (κ2) is 6.39. The summed E-state index contributed by atoms with van der Waals surface area (Å²) in [6.45, 7) is 0. The van der Waals surface area contributed by atoms with Crippen molar-refractivity contribution in [3.8, 4) is 0 Å². The number of rotatable bonds is 5. The molecule has 0 radical (unpaired) electrons. The predicted molar refractivity (Wildman–Crippen MR) is 79.4 cm³/mol. The van der Waals surface area contributed by atoms with Crippen LogP contribution in [0.15, 0.2) is 36.7 Å². The Labute approximate surface area is 121 Å². The molecule has 0 aliphatic rings. The van der Waals surface area contributed by atoms with Crippen LogP contribution in [0.4, 0.5) is 0 Å². The molecule has 2 rings (SSSR count). The van der Waals surface area contributed by atoms with Gasteiger partial charge in [0.25, 0.3) is 0 Å². The lowest BCUT2D eigenvalue weighted by atomic mass is 9.95. The zero-order chi connectivity index (χ0) is 13.0. The van der Waals surface area contributed by atoms with Gasteiger partial charge in [-0.3, -0.25) is 4.68 Å². The Balaban J connectivity index is 2.01. The van der Waals surface area contributed by atoms with Crippen molar-refractivity contribution in [2.45, 2.75) is 12.8 Å². The van der Waals surface area contributed by atoms with Crippen LogP contribution in [0.25, 0.3) is 0 Å². The van der Waals surface area contributed by atoms with E-state index in [2.05, 4.69) is 33.3 Å². The highest BCUT2D eigenvalue weighted by Crippen LogP contribution is 2.19. The lowest BCUT2D eigenvalue weighted by Gasteiger charge is -2.13. The number of aromatic nitrogens is 2. The molecule has 18 heavy (non-hydrogen) atoms. The molecule has 0 amide bonds. The van der Waals surface area contributed by atoms with Gasteiger partial charge in [-0.25, -0.2) is 0 Å². The Morgan fingerprint density at radius 2 is 2.11 bits per heavy atom. The molecule has 0 saturated carbocycles. The second-order valence-electron chi connectivity index (χ2n) is 4.58. The Morgan fingerprint density at radius 3 is 2.72 bits per heavy atom. The van der Waals surface area contributed by atoms with Crippen molar-refractivity contribution in [3.63, 3.8) is 0 Å². The minimum atomic E-state index is 0.563. The molecule has 0 aliphatic heterocycles. The molecule has 96 valence electrons. The van der Waals surface area contributed by atoms with Crippen LogP contribution in [0.1, 0.15) is 11.1 Å². The van der Waals surface area contributed by atoms with Gasteiger partial charge in [0.05, 0.1) is 6.20 Å². The van der Waals surface area contributed by atoms with Crippen LogP contribution in [-0.4, -0.2) is 15.1 Å². The average Bonchev–Trinajstić information content (AvgIpc) is 2.74. The molecule has 1 aromatic carbocycles. The number of hydrogen-bond donors (Lipinski definition) is 0. The van der Waals surface area contributed by atoms with Gasteiger partial charge in [0.2, 0.25) is 0 Å². The van der Waals surface area contributed by atoms with Crippen LogP contribution >= 0.6 is 27.5 Å². The third-order valence-electron chi connectivity index (χ3n) is 2.91. The lowest BCUT2D eigenvalue weighted by molar-refractivity contribution is 0.591. The monoisotopic (exact) mass is 326 g/mol. The average molecular weight is 328 g/mol.